The Morgan fingerprint density at radius 1 is 1.05 bits per heavy atom. The van der Waals surface area contributed by atoms with Crippen molar-refractivity contribution in [2.24, 2.45) is 0 Å². The molecule has 2 heterocycles. The van der Waals surface area contributed by atoms with Gasteiger partial charge in [0.1, 0.15) is 0 Å². The Morgan fingerprint density at radius 2 is 1.74 bits per heavy atom. The zero-order valence-corrected chi connectivity index (χ0v) is 12.9. The van der Waals surface area contributed by atoms with Gasteiger partial charge in [0, 0.05) is 22.8 Å². The molecule has 0 radical (unpaired) electrons. The van der Waals surface area contributed by atoms with E-state index in [-0.39, 0.29) is 5.69 Å². The average molecular weight is 387 g/mol. The lowest BCUT2D eigenvalue weighted by Gasteiger charge is -2.04. The van der Waals surface area contributed by atoms with E-state index in [0.29, 0.717) is 27.7 Å². The Balaban J connectivity index is 2.53. The molecule has 0 bridgehead atoms. The van der Waals surface area contributed by atoms with Gasteiger partial charge in [-0.3, -0.25) is 15.1 Å². The van der Waals surface area contributed by atoms with E-state index in [1.54, 1.807) is 6.07 Å². The summed E-state index contributed by atoms with van der Waals surface area (Å²) in [6, 6.07) is 8.41. The van der Waals surface area contributed by atoms with E-state index in [2.05, 4.69) is 41.8 Å². The number of hydrogen-bond acceptors (Lipinski definition) is 4. The first-order valence-corrected chi connectivity index (χ1v) is 7.62. The van der Waals surface area contributed by atoms with E-state index in [0.717, 1.165) is 5.69 Å². The van der Waals surface area contributed by atoms with E-state index in [1.165, 1.54) is 12.1 Å². The molecule has 98 valence electrons. The fraction of sp³-hybridized carbons (Fsp3) is 0.167. The normalized spacial score (nSPS) is 10.4. The Hall–Kier alpha value is -1.34. The monoisotopic (exact) mass is 385 g/mol. The molecule has 0 spiro atoms. The molecule has 0 saturated heterocycles. The van der Waals surface area contributed by atoms with Gasteiger partial charge in [0.05, 0.1) is 27.7 Å². The molecule has 0 atom stereocenters. The maximum atomic E-state index is 10.9. The Bertz CT molecular complexity index is 620. The number of nitrogens with zero attached hydrogens (tertiary/aromatic N) is 3. The summed E-state index contributed by atoms with van der Waals surface area (Å²) in [4.78, 5) is 19.2. The lowest BCUT2D eigenvalue weighted by atomic mass is 10.2. The Kier molecular flexibility index (Phi) is 4.60. The highest BCUT2D eigenvalue weighted by molar-refractivity contribution is 9.08. The summed E-state index contributed by atoms with van der Waals surface area (Å²) < 4.78 is 0. The molecule has 0 fully saturated rings. The molecule has 5 nitrogen and oxygen atoms in total. The predicted octanol–water partition coefficient (Wildman–Crippen LogP) is 3.84. The van der Waals surface area contributed by atoms with Crippen LogP contribution >= 0.6 is 31.9 Å². The van der Waals surface area contributed by atoms with Crippen LogP contribution in [0, 0.1) is 10.1 Å². The number of alkyl halides is 2. The van der Waals surface area contributed by atoms with Crippen molar-refractivity contribution in [1.82, 2.24) is 9.97 Å². The number of hydrogen-bond donors (Lipinski definition) is 0. The summed E-state index contributed by atoms with van der Waals surface area (Å²) in [6.45, 7) is 0. The molecule has 0 aliphatic carbocycles. The van der Waals surface area contributed by atoms with Gasteiger partial charge in [-0.1, -0.05) is 37.9 Å². The Labute approximate surface area is 126 Å². The lowest BCUT2D eigenvalue weighted by molar-refractivity contribution is -0.384. The van der Waals surface area contributed by atoms with Crippen molar-refractivity contribution in [2.45, 2.75) is 10.7 Å². The van der Waals surface area contributed by atoms with Crippen LogP contribution in [-0.4, -0.2) is 14.9 Å². The van der Waals surface area contributed by atoms with Gasteiger partial charge in [0.25, 0.3) is 5.69 Å². The van der Waals surface area contributed by atoms with Gasteiger partial charge in [-0.05, 0) is 12.1 Å². The summed E-state index contributed by atoms with van der Waals surface area (Å²) in [5.74, 6) is 0. The van der Waals surface area contributed by atoms with Crippen LogP contribution in [0.25, 0.3) is 11.4 Å². The second kappa shape index (κ2) is 6.21. The first-order valence-electron chi connectivity index (χ1n) is 5.37. The molecule has 0 aromatic carbocycles. The zero-order valence-electron chi connectivity index (χ0n) is 9.72. The van der Waals surface area contributed by atoms with Crippen LogP contribution in [0.1, 0.15) is 11.4 Å². The highest BCUT2D eigenvalue weighted by atomic mass is 79.9. The summed E-state index contributed by atoms with van der Waals surface area (Å²) in [5, 5.41) is 12.0. The minimum absolute atomic E-state index is 0.0190. The molecule has 2 rings (SSSR count). The lowest BCUT2D eigenvalue weighted by Crippen LogP contribution is -1.97. The molecular formula is C12H9Br2N3O2. The molecule has 0 amide bonds. The van der Waals surface area contributed by atoms with Crippen molar-refractivity contribution < 1.29 is 4.92 Å². The number of nitro groups is 1. The third-order valence-corrected chi connectivity index (χ3v) is 3.57. The van der Waals surface area contributed by atoms with Gasteiger partial charge < -0.3 is 0 Å². The SMILES string of the molecule is O=[N+]([O-])c1cc(CBr)nc(-c2cccc(CBr)n2)c1. The summed E-state index contributed by atoms with van der Waals surface area (Å²) in [7, 11) is 0. The molecule has 0 N–H and O–H groups in total. The van der Waals surface area contributed by atoms with Crippen molar-refractivity contribution >= 4 is 37.5 Å². The molecule has 0 aliphatic rings. The first-order chi connectivity index (χ1) is 9.13. The van der Waals surface area contributed by atoms with Crippen molar-refractivity contribution in [3.8, 4) is 11.4 Å². The molecule has 0 saturated carbocycles. The number of aromatic nitrogens is 2. The van der Waals surface area contributed by atoms with Crippen LogP contribution in [0.2, 0.25) is 0 Å². The third kappa shape index (κ3) is 3.36. The van der Waals surface area contributed by atoms with Gasteiger partial charge in [-0.25, -0.2) is 4.98 Å². The smallest absolute Gasteiger partial charge is 0.258 e. The van der Waals surface area contributed by atoms with Gasteiger partial charge in [0.2, 0.25) is 0 Å². The molecule has 2 aromatic heterocycles. The van der Waals surface area contributed by atoms with Crippen molar-refractivity contribution in [2.75, 3.05) is 0 Å². The van der Waals surface area contributed by atoms with Crippen LogP contribution in [0.15, 0.2) is 30.3 Å². The van der Waals surface area contributed by atoms with E-state index >= 15 is 0 Å². The zero-order chi connectivity index (χ0) is 13.8. The van der Waals surface area contributed by atoms with Crippen LogP contribution in [0.3, 0.4) is 0 Å². The topological polar surface area (TPSA) is 68.9 Å². The maximum Gasteiger partial charge on any atom is 0.273 e. The van der Waals surface area contributed by atoms with Crippen LogP contribution < -0.4 is 0 Å². The number of rotatable bonds is 4. The fourth-order valence-electron chi connectivity index (χ4n) is 1.57. The maximum absolute atomic E-state index is 10.9. The molecule has 7 heteroatoms. The van der Waals surface area contributed by atoms with E-state index < -0.39 is 4.92 Å². The molecule has 0 unspecified atom stereocenters. The van der Waals surface area contributed by atoms with E-state index in [9.17, 15) is 10.1 Å². The molecule has 2 aromatic rings. The number of halogens is 2. The van der Waals surface area contributed by atoms with Crippen molar-refractivity contribution in [1.29, 1.82) is 0 Å². The summed E-state index contributed by atoms with van der Waals surface area (Å²) >= 11 is 6.59. The van der Waals surface area contributed by atoms with Crippen LogP contribution in [0.5, 0.6) is 0 Å². The number of pyridine rings is 2. The standard InChI is InChI=1S/C12H9Br2N3O2/c13-6-8-2-1-3-11(15-8)12-5-10(17(18)19)4-9(7-14)16-12/h1-5H,6-7H2. The summed E-state index contributed by atoms with van der Waals surface area (Å²) in [5.41, 5.74) is 2.61. The molecular weight excluding hydrogens is 378 g/mol. The Morgan fingerprint density at radius 3 is 2.37 bits per heavy atom. The highest BCUT2D eigenvalue weighted by Gasteiger charge is 2.13. The second-order valence-corrected chi connectivity index (χ2v) is 4.86. The molecule has 0 aliphatic heterocycles. The highest BCUT2D eigenvalue weighted by Crippen LogP contribution is 2.23. The predicted molar refractivity (Wildman–Crippen MR) is 79.4 cm³/mol. The summed E-state index contributed by atoms with van der Waals surface area (Å²) in [6.07, 6.45) is 0. The van der Waals surface area contributed by atoms with Gasteiger partial charge in [-0.15, -0.1) is 0 Å². The van der Waals surface area contributed by atoms with Gasteiger partial charge in [-0.2, -0.15) is 0 Å². The van der Waals surface area contributed by atoms with Crippen LogP contribution in [0.4, 0.5) is 5.69 Å². The minimum atomic E-state index is -0.425. The largest absolute Gasteiger partial charge is 0.273 e. The first kappa shape index (κ1) is 14.1. The van der Waals surface area contributed by atoms with Gasteiger partial charge >= 0.3 is 0 Å². The van der Waals surface area contributed by atoms with E-state index in [4.69, 9.17) is 0 Å². The fourth-order valence-corrected chi connectivity index (χ4v) is 2.17. The van der Waals surface area contributed by atoms with E-state index in [1.807, 2.05) is 12.1 Å². The minimum Gasteiger partial charge on any atom is -0.258 e. The third-order valence-electron chi connectivity index (χ3n) is 2.42. The molecule has 19 heavy (non-hydrogen) atoms. The average Bonchev–Trinajstić information content (AvgIpc) is 2.46. The van der Waals surface area contributed by atoms with Gasteiger partial charge in [0.15, 0.2) is 0 Å². The second-order valence-electron chi connectivity index (χ2n) is 3.74. The quantitative estimate of drug-likeness (QED) is 0.454. The van der Waals surface area contributed by atoms with Crippen molar-refractivity contribution in [3.63, 3.8) is 0 Å². The van der Waals surface area contributed by atoms with Crippen molar-refractivity contribution in [3.05, 3.63) is 51.8 Å². The van der Waals surface area contributed by atoms with Crippen LogP contribution in [-0.2, 0) is 10.7 Å².